The Kier molecular flexibility index (Phi) is 19.8. The van der Waals surface area contributed by atoms with Crippen molar-refractivity contribution in [1.29, 1.82) is 0 Å². The van der Waals surface area contributed by atoms with Crippen LogP contribution in [0.25, 0.3) is 11.1 Å². The Balaban J connectivity index is 1.14. The largest absolute Gasteiger partial charge is 0.481 e. The van der Waals surface area contributed by atoms with Gasteiger partial charge in [-0.1, -0.05) is 71.0 Å². The number of carbonyl (C=O) groups excluding carboxylic acids is 3. The van der Waals surface area contributed by atoms with Crippen LogP contribution in [0.3, 0.4) is 0 Å². The Hall–Kier alpha value is -6.45. The number of hydrogen-bond acceptors (Lipinski definition) is 18. The quantitative estimate of drug-likeness (QED) is 0.0336. The van der Waals surface area contributed by atoms with E-state index < -0.39 is 99.5 Å². The first-order valence-electron chi connectivity index (χ1n) is 22.2. The summed E-state index contributed by atoms with van der Waals surface area (Å²) in [6.07, 6.45) is 6.85. The van der Waals surface area contributed by atoms with Crippen LogP contribution < -0.4 is 16.0 Å². The maximum Gasteiger partial charge on any atom is 0.478 e. The van der Waals surface area contributed by atoms with Gasteiger partial charge in [-0.3, -0.25) is 28.8 Å². The molecule has 27 heteroatoms. The van der Waals surface area contributed by atoms with E-state index in [0.29, 0.717) is 32.9 Å². The molecule has 1 aromatic carbocycles. The number of oxime groups is 2. The standard InChI is InChI=1S/C44H50B3N5O17S2/c1-65-51-41(43(60)49-35-10-4-7-30(20-39(56)57)68-46(35)63)32-16-26(23-70-32)22-66-52-42(44(61)50-36-11-5-8-31(21-40(58)59)69-47(36)64)33-18-28(24-71-33)27-14-12-25(13-15-27)17-37(53)48-34-9-3-2-6-29(19-38(54)55)67-45(34)62/h2-5,7-8,12-16,18,23-24,29-31,34-36,62-64H,6,9-11,17,19-22H2,1H3,(H,48,53)(H,49,60)(H,50,61)(H,54,55)(H,56,57)(H,58,59)/b3-2-,51-41+,52-42-/t29-,30-,31-,34+,35+,36+/m1/s1. The van der Waals surface area contributed by atoms with Crippen LogP contribution in [-0.4, -0.2) is 142 Å². The fraction of sp³-hybridized carbons (Fsp3) is 0.364. The Morgan fingerprint density at radius 2 is 1.15 bits per heavy atom. The van der Waals surface area contributed by atoms with E-state index in [1.807, 2.05) is 0 Å². The molecule has 2 aromatic heterocycles. The van der Waals surface area contributed by atoms with Crippen molar-refractivity contribution in [3.05, 3.63) is 104 Å². The molecule has 0 saturated carbocycles. The third kappa shape index (κ3) is 16.3. The number of nitrogens with zero attached hydrogens (tertiary/aromatic N) is 2. The fourth-order valence-corrected chi connectivity index (χ4v) is 9.22. The van der Waals surface area contributed by atoms with E-state index in [1.54, 1.807) is 71.5 Å². The molecule has 71 heavy (non-hydrogen) atoms. The summed E-state index contributed by atoms with van der Waals surface area (Å²) in [7, 11) is -3.26. The van der Waals surface area contributed by atoms with Crippen molar-refractivity contribution in [3.8, 4) is 11.1 Å². The number of amides is 3. The summed E-state index contributed by atoms with van der Waals surface area (Å²) >= 11 is 2.28. The molecular weight excluding hydrogens is 967 g/mol. The van der Waals surface area contributed by atoms with Crippen molar-refractivity contribution in [2.45, 2.75) is 94.1 Å². The molecule has 0 saturated heterocycles. The molecule has 374 valence electrons. The zero-order chi connectivity index (χ0) is 51.0. The molecule has 0 spiro atoms. The molecule has 6 rings (SSSR count). The molecule has 0 fully saturated rings. The van der Waals surface area contributed by atoms with Gasteiger partial charge >= 0.3 is 39.3 Å². The van der Waals surface area contributed by atoms with Gasteiger partial charge in [0, 0.05) is 5.56 Å². The lowest BCUT2D eigenvalue weighted by Gasteiger charge is -2.25. The first kappa shape index (κ1) is 53.9. The molecule has 9 N–H and O–H groups in total. The zero-order valence-corrected chi connectivity index (χ0v) is 39.7. The van der Waals surface area contributed by atoms with Crippen molar-refractivity contribution in [2.24, 2.45) is 10.3 Å². The molecule has 0 unspecified atom stereocenters. The smallest absolute Gasteiger partial charge is 0.478 e. The molecule has 3 aromatic rings. The van der Waals surface area contributed by atoms with Gasteiger partial charge in [0.2, 0.25) is 5.91 Å². The summed E-state index contributed by atoms with van der Waals surface area (Å²) in [4.78, 5) is 85.5. The number of carbonyl (C=O) groups is 6. The fourth-order valence-electron chi connectivity index (χ4n) is 7.45. The van der Waals surface area contributed by atoms with Gasteiger partial charge in [0.15, 0.2) is 11.4 Å². The zero-order valence-electron chi connectivity index (χ0n) is 38.0. The van der Waals surface area contributed by atoms with Crippen LogP contribution in [0.5, 0.6) is 0 Å². The van der Waals surface area contributed by atoms with Crippen molar-refractivity contribution < 1.29 is 82.8 Å². The first-order chi connectivity index (χ1) is 34.0. The molecule has 0 bridgehead atoms. The predicted molar refractivity (Wildman–Crippen MR) is 260 cm³/mol. The second-order valence-corrected chi connectivity index (χ2v) is 18.2. The highest BCUT2D eigenvalue weighted by atomic mass is 32.1. The molecule has 22 nitrogen and oxygen atoms in total. The Morgan fingerprint density at radius 3 is 1.75 bits per heavy atom. The molecule has 3 aliphatic heterocycles. The third-order valence-electron chi connectivity index (χ3n) is 10.9. The molecule has 5 heterocycles. The van der Waals surface area contributed by atoms with Gasteiger partial charge in [-0.15, -0.1) is 22.7 Å². The summed E-state index contributed by atoms with van der Waals surface area (Å²) < 4.78 is 16.4. The van der Waals surface area contributed by atoms with Gasteiger partial charge in [-0.2, -0.15) is 0 Å². The van der Waals surface area contributed by atoms with Gasteiger partial charge in [0.05, 0.1) is 71.6 Å². The monoisotopic (exact) mass is 1020 g/mol. The summed E-state index contributed by atoms with van der Waals surface area (Å²) in [5.74, 6) is -7.94. The average Bonchev–Trinajstić information content (AvgIpc) is 3.91. The number of benzene rings is 1. The van der Waals surface area contributed by atoms with Crippen molar-refractivity contribution in [1.82, 2.24) is 16.0 Å². The van der Waals surface area contributed by atoms with Crippen LogP contribution in [0, 0.1) is 0 Å². The summed E-state index contributed by atoms with van der Waals surface area (Å²) in [5, 5.41) is 79.2. The maximum absolute atomic E-state index is 14.0. The van der Waals surface area contributed by atoms with Crippen LogP contribution in [0.2, 0.25) is 0 Å². The SMILES string of the molecule is CO/N=C(/C(=O)N[C@H]1CC=C[C@H](CC(=O)O)OB1O)c1cc(CO/N=C(\C(=O)N[C@H]2CC=C[C@H](CC(=O)O)OB2O)c2cc(-c3ccc(CC(=O)N[C@H]4C/C=C\C[C@H](CC(=O)O)OB4O)cc3)cs2)cs1. The van der Waals surface area contributed by atoms with Crippen molar-refractivity contribution in [2.75, 3.05) is 7.11 Å². The molecule has 6 atom stereocenters. The van der Waals surface area contributed by atoms with E-state index >= 15 is 0 Å². The van der Waals surface area contributed by atoms with Gasteiger partial charge in [0.1, 0.15) is 13.7 Å². The number of thiophene rings is 2. The number of hydrogen-bond donors (Lipinski definition) is 9. The highest BCUT2D eigenvalue weighted by molar-refractivity contribution is 7.13. The van der Waals surface area contributed by atoms with E-state index in [4.69, 9.17) is 33.9 Å². The van der Waals surface area contributed by atoms with E-state index in [0.717, 1.165) is 16.9 Å². The minimum absolute atomic E-state index is 0.0347. The summed E-state index contributed by atoms with van der Waals surface area (Å²) in [6.45, 7) is -0.198. The minimum atomic E-state index is -1.57. The molecular formula is C44H50B3N5O17S2. The number of rotatable bonds is 20. The third-order valence-corrected chi connectivity index (χ3v) is 12.9. The lowest BCUT2D eigenvalue weighted by molar-refractivity contribution is -0.139. The Morgan fingerprint density at radius 1 is 0.634 bits per heavy atom. The number of aliphatic carboxylic acids is 3. The van der Waals surface area contributed by atoms with Crippen molar-refractivity contribution in [3.63, 3.8) is 0 Å². The van der Waals surface area contributed by atoms with E-state index in [-0.39, 0.29) is 56.6 Å². The van der Waals surface area contributed by atoms with Gasteiger partial charge in [-0.25, -0.2) is 0 Å². The van der Waals surface area contributed by atoms with Gasteiger partial charge < -0.3 is 70.0 Å². The minimum Gasteiger partial charge on any atom is -0.481 e. The van der Waals surface area contributed by atoms with E-state index in [1.165, 1.54) is 30.6 Å². The number of carboxylic acids is 3. The lowest BCUT2D eigenvalue weighted by atomic mass is 9.75. The Labute approximate surface area is 415 Å². The summed E-state index contributed by atoms with van der Waals surface area (Å²) in [5.41, 5.74) is 2.25. The maximum atomic E-state index is 14.0. The van der Waals surface area contributed by atoms with E-state index in [9.17, 15) is 48.9 Å². The van der Waals surface area contributed by atoms with Crippen LogP contribution in [-0.2, 0) is 65.4 Å². The molecule has 3 amide bonds. The summed E-state index contributed by atoms with van der Waals surface area (Å²) in [6, 6.07) is 10.3. The second kappa shape index (κ2) is 26.1. The van der Waals surface area contributed by atoms with E-state index in [2.05, 4.69) is 26.3 Å². The Bertz CT molecular complexity index is 2540. The average molecular weight is 1020 g/mol. The topological polar surface area (TPSA) is 331 Å². The highest BCUT2D eigenvalue weighted by Crippen LogP contribution is 2.28. The molecule has 0 aliphatic carbocycles. The molecule has 0 radical (unpaired) electrons. The van der Waals surface area contributed by atoms with Gasteiger partial charge in [0.25, 0.3) is 11.8 Å². The predicted octanol–water partition coefficient (Wildman–Crippen LogP) is 1.65. The first-order valence-corrected chi connectivity index (χ1v) is 23.9. The van der Waals surface area contributed by atoms with Crippen LogP contribution in [0.15, 0.2) is 93.9 Å². The number of nitrogens with one attached hydrogen (secondary N) is 3. The second-order valence-electron chi connectivity index (χ2n) is 16.4. The number of carboxylic acid groups (broad SMARTS) is 3. The normalized spacial score (nSPS) is 22.3. The van der Waals surface area contributed by atoms with Crippen LogP contribution >= 0.6 is 22.7 Å². The highest BCUT2D eigenvalue weighted by Gasteiger charge is 2.36. The van der Waals surface area contributed by atoms with Crippen LogP contribution in [0.1, 0.15) is 65.8 Å². The van der Waals surface area contributed by atoms with Crippen molar-refractivity contribution >= 4 is 91.1 Å². The lowest BCUT2D eigenvalue weighted by Crippen LogP contribution is -2.50. The van der Waals surface area contributed by atoms with Crippen LogP contribution in [0.4, 0.5) is 0 Å². The molecule has 3 aliphatic rings. The van der Waals surface area contributed by atoms with Gasteiger partial charge in [-0.05, 0) is 65.3 Å².